The lowest BCUT2D eigenvalue weighted by Gasteiger charge is -1.87. The van der Waals surface area contributed by atoms with Crippen molar-refractivity contribution < 1.29 is 0 Å². The van der Waals surface area contributed by atoms with Crippen LogP contribution in [0.3, 0.4) is 0 Å². The van der Waals surface area contributed by atoms with Crippen LogP contribution in [-0.4, -0.2) is 9.61 Å². The number of fused-ring (bicyclic) bond motifs is 1. The summed E-state index contributed by atoms with van der Waals surface area (Å²) in [5.74, 6) is 0. The fourth-order valence-electron chi connectivity index (χ4n) is 1.08. The number of hydrogen-bond donors (Lipinski definition) is 0. The summed E-state index contributed by atoms with van der Waals surface area (Å²) < 4.78 is 1.87. The molecule has 0 unspecified atom stereocenters. The molecular formula is C8H8N2. The van der Waals surface area contributed by atoms with Crippen LogP contribution in [0.5, 0.6) is 0 Å². The first-order valence-corrected chi connectivity index (χ1v) is 3.26. The van der Waals surface area contributed by atoms with E-state index in [4.69, 9.17) is 0 Å². The fourth-order valence-corrected chi connectivity index (χ4v) is 1.08. The maximum atomic E-state index is 4.12. The van der Waals surface area contributed by atoms with E-state index >= 15 is 0 Å². The molecule has 2 heterocycles. The topological polar surface area (TPSA) is 17.3 Å². The van der Waals surface area contributed by atoms with Gasteiger partial charge in [-0.25, -0.2) is 4.52 Å². The van der Waals surface area contributed by atoms with E-state index in [0.29, 0.717) is 0 Å². The molecule has 0 radical (unpaired) electrons. The highest BCUT2D eigenvalue weighted by atomic mass is 15.2. The molecule has 0 saturated heterocycles. The van der Waals surface area contributed by atoms with Crippen LogP contribution in [0, 0.1) is 6.92 Å². The Balaban J connectivity index is 2.88. The molecule has 0 aromatic carbocycles. The quantitative estimate of drug-likeness (QED) is 0.532. The molecule has 2 nitrogen and oxygen atoms in total. The van der Waals surface area contributed by atoms with Crippen molar-refractivity contribution in [2.45, 2.75) is 6.92 Å². The second-order valence-electron chi connectivity index (χ2n) is 2.41. The van der Waals surface area contributed by atoms with Crippen LogP contribution >= 0.6 is 0 Å². The Morgan fingerprint density at radius 3 is 3.20 bits per heavy atom. The number of hydrogen-bond acceptors (Lipinski definition) is 1. The van der Waals surface area contributed by atoms with Crippen molar-refractivity contribution in [3.8, 4) is 0 Å². The molecule has 0 N–H and O–H groups in total. The van der Waals surface area contributed by atoms with Crippen LogP contribution < -0.4 is 0 Å². The minimum Gasteiger partial charge on any atom is -0.241 e. The third-order valence-corrected chi connectivity index (χ3v) is 1.51. The minimum atomic E-state index is 1.15. The van der Waals surface area contributed by atoms with E-state index < -0.39 is 0 Å². The minimum absolute atomic E-state index is 1.15. The van der Waals surface area contributed by atoms with Crippen LogP contribution in [0.2, 0.25) is 0 Å². The Bertz CT molecular complexity index is 316. The smallest absolute Gasteiger partial charge is 0.0649 e. The lowest BCUT2D eigenvalue weighted by Crippen LogP contribution is -1.84. The van der Waals surface area contributed by atoms with Crippen molar-refractivity contribution >= 4 is 5.52 Å². The molecular weight excluding hydrogens is 124 g/mol. The van der Waals surface area contributed by atoms with Gasteiger partial charge in [0, 0.05) is 12.4 Å². The molecule has 0 fully saturated rings. The van der Waals surface area contributed by atoms with Gasteiger partial charge >= 0.3 is 0 Å². The van der Waals surface area contributed by atoms with E-state index in [1.54, 1.807) is 6.20 Å². The summed E-state index contributed by atoms with van der Waals surface area (Å²) in [7, 11) is 0. The summed E-state index contributed by atoms with van der Waals surface area (Å²) >= 11 is 0. The van der Waals surface area contributed by atoms with E-state index in [-0.39, 0.29) is 0 Å². The second kappa shape index (κ2) is 1.84. The van der Waals surface area contributed by atoms with Gasteiger partial charge in [0.15, 0.2) is 0 Å². The Labute approximate surface area is 59.1 Å². The molecule has 0 spiro atoms. The summed E-state index contributed by atoms with van der Waals surface area (Å²) in [6.45, 7) is 2.06. The maximum absolute atomic E-state index is 4.12. The molecule has 0 saturated carbocycles. The van der Waals surface area contributed by atoms with E-state index in [2.05, 4.69) is 18.1 Å². The Morgan fingerprint density at radius 2 is 2.40 bits per heavy atom. The summed E-state index contributed by atoms with van der Waals surface area (Å²) in [6.07, 6.45) is 3.79. The van der Waals surface area contributed by atoms with Crippen LogP contribution in [0.15, 0.2) is 30.6 Å². The average Bonchev–Trinajstić information content (AvgIpc) is 2.27. The Kier molecular flexibility index (Phi) is 1.01. The first-order valence-electron chi connectivity index (χ1n) is 3.26. The number of aromatic nitrogens is 2. The van der Waals surface area contributed by atoms with E-state index in [0.717, 1.165) is 5.52 Å². The third kappa shape index (κ3) is 0.692. The zero-order valence-corrected chi connectivity index (χ0v) is 5.78. The molecule has 2 aromatic heterocycles. The standard InChI is InChI=1S/C8H8N2/c1-7-5-8-3-2-4-9-10(8)6-7/h2-6H,1H3. The van der Waals surface area contributed by atoms with E-state index in [1.165, 1.54) is 5.56 Å². The van der Waals surface area contributed by atoms with Crippen molar-refractivity contribution in [2.24, 2.45) is 0 Å². The van der Waals surface area contributed by atoms with Crippen LogP contribution in [0.25, 0.3) is 5.52 Å². The Hall–Kier alpha value is -1.31. The molecule has 50 valence electrons. The van der Waals surface area contributed by atoms with Crippen molar-refractivity contribution in [3.05, 3.63) is 36.2 Å². The number of rotatable bonds is 0. The van der Waals surface area contributed by atoms with Crippen molar-refractivity contribution in [1.82, 2.24) is 9.61 Å². The van der Waals surface area contributed by atoms with Gasteiger partial charge < -0.3 is 0 Å². The third-order valence-electron chi connectivity index (χ3n) is 1.51. The molecule has 2 aromatic rings. The van der Waals surface area contributed by atoms with Crippen molar-refractivity contribution in [3.63, 3.8) is 0 Å². The zero-order chi connectivity index (χ0) is 6.97. The lowest BCUT2D eigenvalue weighted by molar-refractivity contribution is 0.938. The zero-order valence-electron chi connectivity index (χ0n) is 5.78. The number of nitrogens with zero attached hydrogens (tertiary/aromatic N) is 2. The van der Waals surface area contributed by atoms with Gasteiger partial charge in [-0.3, -0.25) is 0 Å². The molecule has 10 heavy (non-hydrogen) atoms. The van der Waals surface area contributed by atoms with Gasteiger partial charge in [0.25, 0.3) is 0 Å². The molecule has 0 bridgehead atoms. The SMILES string of the molecule is Cc1cc2cccnn2c1. The van der Waals surface area contributed by atoms with E-state index in [9.17, 15) is 0 Å². The normalized spacial score (nSPS) is 10.5. The molecule has 0 aliphatic carbocycles. The molecule has 0 aliphatic heterocycles. The van der Waals surface area contributed by atoms with Gasteiger partial charge in [-0.15, -0.1) is 0 Å². The first kappa shape index (κ1) is 5.47. The maximum Gasteiger partial charge on any atom is 0.0649 e. The second-order valence-corrected chi connectivity index (χ2v) is 2.41. The summed E-state index contributed by atoms with van der Waals surface area (Å²) in [5.41, 5.74) is 2.40. The predicted molar refractivity (Wildman–Crippen MR) is 39.9 cm³/mol. The summed E-state index contributed by atoms with van der Waals surface area (Å²) in [5, 5.41) is 4.12. The van der Waals surface area contributed by atoms with Crippen molar-refractivity contribution in [1.29, 1.82) is 0 Å². The number of aryl methyl sites for hydroxylation is 1. The van der Waals surface area contributed by atoms with Crippen LogP contribution in [0.1, 0.15) is 5.56 Å². The highest BCUT2D eigenvalue weighted by molar-refractivity contribution is 5.48. The highest BCUT2D eigenvalue weighted by Gasteiger charge is 1.91. The molecule has 0 atom stereocenters. The Morgan fingerprint density at radius 1 is 1.50 bits per heavy atom. The van der Waals surface area contributed by atoms with Gasteiger partial charge in [0.05, 0.1) is 5.52 Å². The van der Waals surface area contributed by atoms with Gasteiger partial charge in [-0.2, -0.15) is 5.10 Å². The largest absolute Gasteiger partial charge is 0.241 e. The molecule has 2 heteroatoms. The fraction of sp³-hybridized carbons (Fsp3) is 0.125. The monoisotopic (exact) mass is 132 g/mol. The van der Waals surface area contributed by atoms with Crippen LogP contribution in [0.4, 0.5) is 0 Å². The summed E-state index contributed by atoms with van der Waals surface area (Å²) in [4.78, 5) is 0. The van der Waals surface area contributed by atoms with Gasteiger partial charge in [-0.05, 0) is 30.7 Å². The highest BCUT2D eigenvalue weighted by Crippen LogP contribution is 2.05. The van der Waals surface area contributed by atoms with Gasteiger partial charge in [0.2, 0.25) is 0 Å². The predicted octanol–water partition coefficient (Wildman–Crippen LogP) is 1.64. The lowest BCUT2D eigenvalue weighted by atomic mass is 10.4. The first-order chi connectivity index (χ1) is 4.86. The van der Waals surface area contributed by atoms with Gasteiger partial charge in [-0.1, -0.05) is 0 Å². The molecule has 0 aliphatic rings. The van der Waals surface area contributed by atoms with Crippen molar-refractivity contribution in [2.75, 3.05) is 0 Å². The van der Waals surface area contributed by atoms with Gasteiger partial charge in [0.1, 0.15) is 0 Å². The molecule has 0 amide bonds. The summed E-state index contributed by atoms with van der Waals surface area (Å²) in [6, 6.07) is 6.09. The van der Waals surface area contributed by atoms with Crippen LogP contribution in [-0.2, 0) is 0 Å². The van der Waals surface area contributed by atoms with E-state index in [1.807, 2.05) is 22.8 Å². The average molecular weight is 132 g/mol. The molecule has 2 rings (SSSR count).